The first-order valence-corrected chi connectivity index (χ1v) is 9.29. The normalized spacial score (nSPS) is 14.4. The Balaban J connectivity index is 1.84. The van der Waals surface area contributed by atoms with Gasteiger partial charge in [-0.15, -0.1) is 10.2 Å². The molecule has 0 unspecified atom stereocenters. The first-order chi connectivity index (χ1) is 11.8. The fourth-order valence-electron chi connectivity index (χ4n) is 3.60. The molecule has 0 radical (unpaired) electrons. The van der Waals surface area contributed by atoms with Gasteiger partial charge in [0.25, 0.3) is 0 Å². The van der Waals surface area contributed by atoms with Gasteiger partial charge in [-0.1, -0.05) is 36.5 Å². The first-order valence-electron chi connectivity index (χ1n) is 8.47. The largest absolute Gasteiger partial charge is 0.253 e. The highest BCUT2D eigenvalue weighted by atomic mass is 32.1. The maximum atomic E-state index is 4.92. The van der Waals surface area contributed by atoms with E-state index in [-0.39, 0.29) is 0 Å². The lowest BCUT2D eigenvalue weighted by Crippen LogP contribution is -2.08. The summed E-state index contributed by atoms with van der Waals surface area (Å²) in [5.41, 5.74) is 4.95. The summed E-state index contributed by atoms with van der Waals surface area (Å²) in [4.78, 5) is 5.79. The van der Waals surface area contributed by atoms with Crippen molar-refractivity contribution in [2.24, 2.45) is 0 Å². The summed E-state index contributed by atoms with van der Waals surface area (Å²) in [5, 5.41) is 15.6. The molecule has 0 amide bonds. The zero-order valence-corrected chi connectivity index (χ0v) is 14.3. The van der Waals surface area contributed by atoms with Gasteiger partial charge in [-0.3, -0.25) is 4.98 Å². The van der Waals surface area contributed by atoms with E-state index in [1.54, 1.807) is 11.3 Å². The van der Waals surface area contributed by atoms with Crippen molar-refractivity contribution in [3.63, 3.8) is 0 Å². The second-order valence-electron chi connectivity index (χ2n) is 6.21. The third-order valence-corrected chi connectivity index (χ3v) is 5.67. The first kappa shape index (κ1) is 14.0. The van der Waals surface area contributed by atoms with Crippen molar-refractivity contribution in [1.82, 2.24) is 24.8 Å². The molecule has 5 nitrogen and oxygen atoms in total. The third-order valence-electron chi connectivity index (χ3n) is 4.75. The molecule has 0 fully saturated rings. The van der Waals surface area contributed by atoms with E-state index in [2.05, 4.69) is 41.4 Å². The number of nitrogens with zero attached hydrogens (tertiary/aromatic N) is 5. The number of aryl methyl sites for hydroxylation is 2. The van der Waals surface area contributed by atoms with Crippen LogP contribution in [-0.4, -0.2) is 24.8 Å². The number of pyridine rings is 1. The van der Waals surface area contributed by atoms with E-state index < -0.39 is 0 Å². The summed E-state index contributed by atoms with van der Waals surface area (Å²) in [6.07, 6.45) is 5.44. The van der Waals surface area contributed by atoms with Crippen molar-refractivity contribution in [3.8, 4) is 10.6 Å². The van der Waals surface area contributed by atoms with Crippen LogP contribution in [0.4, 0.5) is 0 Å². The van der Waals surface area contributed by atoms with Crippen LogP contribution in [0.25, 0.3) is 26.4 Å². The van der Waals surface area contributed by atoms with Crippen molar-refractivity contribution in [2.45, 2.75) is 39.0 Å². The molecule has 0 N–H and O–H groups in total. The second-order valence-corrected chi connectivity index (χ2v) is 7.16. The van der Waals surface area contributed by atoms with Crippen molar-refractivity contribution >= 4 is 27.2 Å². The number of benzene rings is 1. The van der Waals surface area contributed by atoms with Gasteiger partial charge in [-0.05, 0) is 37.3 Å². The molecule has 0 aliphatic heterocycles. The third kappa shape index (κ3) is 1.99. The van der Waals surface area contributed by atoms with Crippen LogP contribution < -0.4 is 0 Å². The standard InChI is InChI=1S/C18H17N5S/c1-2-15-20-21-18-23(15)22-17(24-18)16-11-7-3-5-9-13(11)19-14-10-6-4-8-12(14)16/h3,5,7,9H,2,4,6,8,10H2,1H3. The number of aromatic nitrogens is 5. The van der Waals surface area contributed by atoms with Gasteiger partial charge in [0.1, 0.15) is 5.01 Å². The Morgan fingerprint density at radius 1 is 1.12 bits per heavy atom. The van der Waals surface area contributed by atoms with Crippen molar-refractivity contribution in [1.29, 1.82) is 0 Å². The molecule has 6 heteroatoms. The van der Waals surface area contributed by atoms with Crippen LogP contribution in [0.15, 0.2) is 24.3 Å². The van der Waals surface area contributed by atoms with Gasteiger partial charge in [0.15, 0.2) is 5.82 Å². The highest BCUT2D eigenvalue weighted by Gasteiger charge is 2.22. The minimum absolute atomic E-state index is 0.833. The molecule has 5 rings (SSSR count). The van der Waals surface area contributed by atoms with Crippen LogP contribution in [0, 0.1) is 0 Å². The van der Waals surface area contributed by atoms with E-state index in [4.69, 9.17) is 10.1 Å². The van der Waals surface area contributed by atoms with Crippen molar-refractivity contribution in [3.05, 3.63) is 41.3 Å². The quantitative estimate of drug-likeness (QED) is 0.558. The molecule has 0 spiro atoms. The summed E-state index contributed by atoms with van der Waals surface area (Å²) in [5.74, 6) is 0.916. The molecular weight excluding hydrogens is 318 g/mol. The summed E-state index contributed by atoms with van der Waals surface area (Å²) in [6.45, 7) is 2.08. The van der Waals surface area contributed by atoms with Crippen LogP contribution in [0.2, 0.25) is 0 Å². The molecule has 1 aromatic carbocycles. The Hall–Kier alpha value is -2.34. The van der Waals surface area contributed by atoms with Gasteiger partial charge in [-0.2, -0.15) is 9.61 Å². The molecule has 3 aromatic heterocycles. The average molecular weight is 335 g/mol. The molecule has 1 aliphatic rings. The Morgan fingerprint density at radius 2 is 2.00 bits per heavy atom. The molecule has 120 valence electrons. The number of hydrogen-bond donors (Lipinski definition) is 0. The van der Waals surface area contributed by atoms with Crippen LogP contribution in [0.3, 0.4) is 0 Å². The number of fused-ring (bicyclic) bond motifs is 3. The minimum Gasteiger partial charge on any atom is -0.253 e. The van der Waals surface area contributed by atoms with E-state index in [1.165, 1.54) is 35.0 Å². The maximum Gasteiger partial charge on any atom is 0.234 e. The molecule has 0 atom stereocenters. The summed E-state index contributed by atoms with van der Waals surface area (Å²) < 4.78 is 1.89. The fourth-order valence-corrected chi connectivity index (χ4v) is 4.54. The highest BCUT2D eigenvalue weighted by molar-refractivity contribution is 7.20. The van der Waals surface area contributed by atoms with Crippen LogP contribution in [0.1, 0.15) is 36.8 Å². The van der Waals surface area contributed by atoms with Gasteiger partial charge in [0.2, 0.25) is 4.96 Å². The summed E-state index contributed by atoms with van der Waals surface area (Å²) in [6, 6.07) is 8.41. The molecule has 0 saturated heterocycles. The number of rotatable bonds is 2. The molecule has 4 aromatic rings. The van der Waals surface area contributed by atoms with Gasteiger partial charge in [0.05, 0.1) is 5.52 Å². The molecule has 3 heterocycles. The molecule has 24 heavy (non-hydrogen) atoms. The van der Waals surface area contributed by atoms with E-state index in [9.17, 15) is 0 Å². The molecular formula is C18H17N5S. The van der Waals surface area contributed by atoms with Gasteiger partial charge < -0.3 is 0 Å². The lowest BCUT2D eigenvalue weighted by atomic mass is 9.90. The fraction of sp³-hybridized carbons (Fsp3) is 0.333. The van der Waals surface area contributed by atoms with Crippen molar-refractivity contribution in [2.75, 3.05) is 0 Å². The number of hydrogen-bond acceptors (Lipinski definition) is 5. The predicted molar refractivity (Wildman–Crippen MR) is 95.4 cm³/mol. The topological polar surface area (TPSA) is 56.0 Å². The smallest absolute Gasteiger partial charge is 0.234 e. The van der Waals surface area contributed by atoms with Gasteiger partial charge in [0, 0.05) is 23.1 Å². The Morgan fingerprint density at radius 3 is 2.92 bits per heavy atom. The molecule has 1 aliphatic carbocycles. The number of para-hydroxylation sites is 1. The minimum atomic E-state index is 0.833. The SMILES string of the molecule is CCc1nnc2sc(-c3c4c(nc5ccccc35)CCCC4)nn12. The Kier molecular flexibility index (Phi) is 3.13. The van der Waals surface area contributed by atoms with E-state index in [1.807, 2.05) is 4.52 Å². The predicted octanol–water partition coefficient (Wildman–Crippen LogP) is 3.84. The van der Waals surface area contributed by atoms with E-state index >= 15 is 0 Å². The van der Waals surface area contributed by atoms with Crippen LogP contribution in [0.5, 0.6) is 0 Å². The van der Waals surface area contributed by atoms with Crippen LogP contribution >= 0.6 is 11.3 Å². The zero-order valence-electron chi connectivity index (χ0n) is 13.5. The van der Waals surface area contributed by atoms with Gasteiger partial charge >= 0.3 is 0 Å². The highest BCUT2D eigenvalue weighted by Crippen LogP contribution is 2.38. The Bertz CT molecular complexity index is 1060. The summed E-state index contributed by atoms with van der Waals surface area (Å²) in [7, 11) is 0. The van der Waals surface area contributed by atoms with E-state index in [0.717, 1.165) is 40.6 Å². The maximum absolute atomic E-state index is 4.92. The van der Waals surface area contributed by atoms with Crippen molar-refractivity contribution < 1.29 is 0 Å². The lowest BCUT2D eigenvalue weighted by Gasteiger charge is -2.19. The van der Waals surface area contributed by atoms with E-state index in [0.29, 0.717) is 0 Å². The molecule has 0 bridgehead atoms. The second kappa shape index (κ2) is 5.34. The van der Waals surface area contributed by atoms with Crippen LogP contribution in [-0.2, 0) is 19.3 Å². The van der Waals surface area contributed by atoms with Gasteiger partial charge in [-0.25, -0.2) is 0 Å². The Labute approximate surface area is 143 Å². The summed E-state index contributed by atoms with van der Waals surface area (Å²) >= 11 is 1.62. The molecule has 0 saturated carbocycles. The zero-order chi connectivity index (χ0) is 16.1. The monoisotopic (exact) mass is 335 g/mol. The lowest BCUT2D eigenvalue weighted by molar-refractivity contribution is 0.672. The average Bonchev–Trinajstić information content (AvgIpc) is 3.19.